The lowest BCUT2D eigenvalue weighted by atomic mass is 10.0. The molecule has 3 aliphatic heterocycles. The summed E-state index contributed by atoms with van der Waals surface area (Å²) in [6.45, 7) is 11.9. The molecule has 0 saturated carbocycles. The van der Waals surface area contributed by atoms with Crippen LogP contribution in [0.15, 0.2) is 109 Å². The van der Waals surface area contributed by atoms with E-state index in [1.165, 1.54) is 0 Å². The summed E-state index contributed by atoms with van der Waals surface area (Å²) >= 11 is 0. The van der Waals surface area contributed by atoms with E-state index in [0.717, 1.165) is 62.4 Å². The molecule has 0 fully saturated rings. The second-order valence-electron chi connectivity index (χ2n) is 19.1. The Morgan fingerprint density at radius 3 is 1.38 bits per heavy atom. The van der Waals surface area contributed by atoms with Gasteiger partial charge in [-0.2, -0.15) is 45.7 Å². The van der Waals surface area contributed by atoms with Crippen LogP contribution >= 0.6 is 40.5 Å². The maximum atomic E-state index is 12.8. The summed E-state index contributed by atoms with van der Waals surface area (Å²) in [5, 5.41) is 32.0. The zero-order valence-electron chi connectivity index (χ0n) is 50.0. The highest BCUT2D eigenvalue weighted by molar-refractivity contribution is 7.59. The number of hydrogen-bond acceptors (Lipinski definition) is 15. The van der Waals surface area contributed by atoms with E-state index in [0.29, 0.717) is 114 Å². The predicted molar refractivity (Wildman–Crippen MR) is 365 cm³/mol. The van der Waals surface area contributed by atoms with Crippen LogP contribution in [0, 0.1) is 11.3 Å². The third-order valence-electron chi connectivity index (χ3n) is 12.5. The Morgan fingerprint density at radius 2 is 0.955 bits per heavy atom. The lowest BCUT2D eigenvalue weighted by Gasteiger charge is -2.23. The molecule has 0 radical (unpaired) electrons. The van der Waals surface area contributed by atoms with Gasteiger partial charge in [0.1, 0.15) is 12.3 Å². The molecular weight excluding hydrogens is 1200 g/mol. The molecular formula is C66H104N6O14S3. The zero-order chi connectivity index (χ0) is 60.1. The van der Waals surface area contributed by atoms with E-state index >= 15 is 0 Å². The molecule has 500 valence electrons. The number of hydrogen-bond donors (Lipinski definition) is 6. The van der Waals surface area contributed by atoms with Gasteiger partial charge in [-0.05, 0) is 73.4 Å². The number of ether oxygens (including phenoxy) is 6. The number of aliphatic hydroxyl groups excluding tert-OH is 1. The van der Waals surface area contributed by atoms with Crippen molar-refractivity contribution in [1.82, 2.24) is 26.6 Å². The average molecular weight is 1300 g/mol. The number of ketones is 1. The number of benzene rings is 3. The Bertz CT molecular complexity index is 2570. The van der Waals surface area contributed by atoms with Crippen LogP contribution in [0.4, 0.5) is 0 Å². The van der Waals surface area contributed by atoms with Crippen LogP contribution in [0.25, 0.3) is 0 Å². The molecule has 6 N–H and O–H groups in total. The first-order valence-electron chi connectivity index (χ1n) is 28.7. The van der Waals surface area contributed by atoms with Crippen molar-refractivity contribution in [2.45, 2.75) is 151 Å². The van der Waals surface area contributed by atoms with Crippen LogP contribution in [-0.2, 0) is 67.4 Å². The first-order chi connectivity index (χ1) is 40.5. The summed E-state index contributed by atoms with van der Waals surface area (Å²) in [5.74, 6) is -2.82. The first kappa shape index (κ1) is 89.3. The Labute approximate surface area is 550 Å². The Balaban J connectivity index is -0.000000567. The maximum Gasteiger partial charge on any atom is 0.289 e. The summed E-state index contributed by atoms with van der Waals surface area (Å²) < 4.78 is 32.9. The molecule has 6 rings (SSSR count). The van der Waals surface area contributed by atoms with E-state index in [-0.39, 0.29) is 94.2 Å². The van der Waals surface area contributed by atoms with Crippen LogP contribution in [-0.4, -0.2) is 143 Å². The number of amides is 5. The van der Waals surface area contributed by atoms with E-state index < -0.39 is 47.7 Å². The van der Waals surface area contributed by atoms with E-state index in [1.54, 1.807) is 66.8 Å². The van der Waals surface area contributed by atoms with Crippen molar-refractivity contribution in [1.29, 1.82) is 5.26 Å². The average Bonchev–Trinajstić information content (AvgIpc) is 3.08. The van der Waals surface area contributed by atoms with Gasteiger partial charge >= 0.3 is 0 Å². The van der Waals surface area contributed by atoms with Gasteiger partial charge in [-0.1, -0.05) is 153 Å². The van der Waals surface area contributed by atoms with Gasteiger partial charge in [0.2, 0.25) is 5.78 Å². The molecule has 3 aliphatic rings. The normalized spacial score (nSPS) is 18.6. The molecule has 1 unspecified atom stereocenters. The third kappa shape index (κ3) is 37.6. The smallest absolute Gasteiger partial charge is 0.289 e. The summed E-state index contributed by atoms with van der Waals surface area (Å²) in [6.07, 6.45) is 17.5. The largest absolute Gasteiger partial charge is 0.381 e. The fraction of sp³-hybridized carbons (Fsp3) is 0.515. The molecule has 89 heavy (non-hydrogen) atoms. The number of nitrogens with zero attached hydrogens (tertiary/aromatic N) is 1. The van der Waals surface area contributed by atoms with Crippen molar-refractivity contribution < 1.29 is 67.1 Å². The van der Waals surface area contributed by atoms with E-state index in [1.807, 2.05) is 56.3 Å². The fourth-order valence-electron chi connectivity index (χ4n) is 7.81. The van der Waals surface area contributed by atoms with Crippen LogP contribution in [0.1, 0.15) is 155 Å². The van der Waals surface area contributed by atoms with Gasteiger partial charge in [0.15, 0.2) is 6.10 Å². The van der Waals surface area contributed by atoms with Crippen molar-refractivity contribution in [3.05, 3.63) is 143 Å². The minimum absolute atomic E-state index is 0. The highest BCUT2D eigenvalue weighted by Gasteiger charge is 2.29. The second kappa shape index (κ2) is 57.0. The number of aliphatic hydroxyl groups is 1. The standard InChI is InChI=1S/C21H30N2O5.C21H28N2O5.C16H19NO4.C5H9N.3CH4.3H2S/c2*1-2-3-11-22-21(26)19(24)18-10-6-7-12-27-13-14-28-15-16-8-4-5-9-17(16)20(25)23-18;18-11-14-6-3-4-8-20-9-10-21-12-13-5-1-2-7-15(13)16(19)17-14;1-2-3-4-5-6;;;;;;/h4-9,18-19,24H,2-3,10-15H2,1H3,(H,22,26)(H,23,25);4-9,18H,2-3,10-15H2,1H3,(H,22,26)(H,23,25);1-5,7,11,14H,6,8-10,12H2,(H,17,19);2-4H2,1H3;3*1H4;3*1H2/b2*7-6-;4-3-;;;;;;;/t18-,19?;18-;14-;;;;;;;/m000......./s1. The SMILES string of the molecule is C.C.C.CCCCC#N.CCCCNC(=O)C(=O)[C@@H]1C/C=C\COCCOCc2ccccc2C(=O)N1.CCCCNC(=O)C(O)[C@@H]1C/C=C\COCCOCc2ccccc2C(=O)N1.O=C[C@@H]1C/C=C\COCCOCc2ccccc2C(=O)N1.S.S.S. The molecule has 20 nitrogen and oxygen atoms in total. The molecule has 5 amide bonds. The van der Waals surface area contributed by atoms with Crippen LogP contribution in [0.3, 0.4) is 0 Å². The van der Waals surface area contributed by atoms with Gasteiger partial charge in [-0.3, -0.25) is 28.8 Å². The minimum Gasteiger partial charge on any atom is -0.381 e. The number of rotatable bonds is 13. The van der Waals surface area contributed by atoms with Crippen molar-refractivity contribution in [3.8, 4) is 6.07 Å². The molecule has 0 bridgehead atoms. The molecule has 3 heterocycles. The number of unbranched alkanes of at least 4 members (excludes halogenated alkanes) is 4. The highest BCUT2D eigenvalue weighted by Crippen LogP contribution is 2.15. The Morgan fingerprint density at radius 1 is 0.562 bits per heavy atom. The fourth-order valence-corrected chi connectivity index (χ4v) is 7.81. The summed E-state index contributed by atoms with van der Waals surface area (Å²) in [6, 6.07) is 21.3. The monoisotopic (exact) mass is 1300 g/mol. The van der Waals surface area contributed by atoms with Crippen LogP contribution < -0.4 is 26.6 Å². The summed E-state index contributed by atoms with van der Waals surface area (Å²) in [5.41, 5.74) is 3.68. The predicted octanol–water partition coefficient (Wildman–Crippen LogP) is 8.74. The summed E-state index contributed by atoms with van der Waals surface area (Å²) in [7, 11) is 0. The highest BCUT2D eigenvalue weighted by atomic mass is 32.1. The zero-order valence-corrected chi connectivity index (χ0v) is 53.0. The molecule has 0 spiro atoms. The van der Waals surface area contributed by atoms with Gasteiger partial charge < -0.3 is 64.9 Å². The Kier molecular flexibility index (Phi) is 57.2. The van der Waals surface area contributed by atoms with Gasteiger partial charge in [0, 0.05) is 36.2 Å². The van der Waals surface area contributed by atoms with E-state index in [4.69, 9.17) is 33.7 Å². The van der Waals surface area contributed by atoms with Gasteiger partial charge in [0.25, 0.3) is 29.5 Å². The van der Waals surface area contributed by atoms with E-state index in [2.05, 4.69) is 39.6 Å². The topological polar surface area (TPSA) is 279 Å². The van der Waals surface area contributed by atoms with Crippen molar-refractivity contribution in [3.63, 3.8) is 0 Å². The second-order valence-corrected chi connectivity index (χ2v) is 19.1. The molecule has 4 atom stereocenters. The number of carbonyl (C=O) groups is 7. The number of fused-ring (bicyclic) bond motifs is 3. The lowest BCUT2D eigenvalue weighted by Crippen LogP contribution is -2.50. The van der Waals surface area contributed by atoms with Gasteiger partial charge in [-0.25, -0.2) is 0 Å². The Hall–Kier alpha value is -6.17. The quantitative estimate of drug-likeness (QED) is 0.0404. The summed E-state index contributed by atoms with van der Waals surface area (Å²) in [4.78, 5) is 85.9. The van der Waals surface area contributed by atoms with Gasteiger partial charge in [0.05, 0.1) is 97.4 Å². The van der Waals surface area contributed by atoms with E-state index in [9.17, 15) is 38.7 Å². The molecule has 0 aliphatic carbocycles. The number of Topliss-reactive ketones (excluding diaryl/α,β-unsaturated/α-hetero) is 1. The van der Waals surface area contributed by atoms with Crippen molar-refractivity contribution in [2.75, 3.05) is 72.6 Å². The number of aldehydes is 1. The third-order valence-corrected chi connectivity index (χ3v) is 12.5. The molecule has 23 heteroatoms. The van der Waals surface area contributed by atoms with Crippen molar-refractivity contribution in [2.24, 2.45) is 0 Å². The number of nitrogens with one attached hydrogen (secondary N) is 5. The number of nitriles is 1. The van der Waals surface area contributed by atoms with Crippen LogP contribution in [0.2, 0.25) is 0 Å². The van der Waals surface area contributed by atoms with Gasteiger partial charge in [-0.15, -0.1) is 0 Å². The first-order valence-corrected chi connectivity index (χ1v) is 28.7. The molecule has 0 aromatic heterocycles. The minimum atomic E-state index is -1.34. The number of carbonyl (C=O) groups excluding carboxylic acids is 7. The molecule has 3 aromatic rings. The molecule has 0 saturated heterocycles. The molecule has 3 aromatic carbocycles. The lowest BCUT2D eigenvalue weighted by molar-refractivity contribution is -0.138. The van der Waals surface area contributed by atoms with Crippen LogP contribution in [0.5, 0.6) is 0 Å². The van der Waals surface area contributed by atoms with Crippen molar-refractivity contribution >= 4 is 82.1 Å². The maximum absolute atomic E-state index is 12.8.